The van der Waals surface area contributed by atoms with Gasteiger partial charge in [0.25, 0.3) is 0 Å². The van der Waals surface area contributed by atoms with Gasteiger partial charge in [-0.3, -0.25) is 0 Å². The number of nitrogens with one attached hydrogen (secondary N) is 1. The van der Waals surface area contributed by atoms with E-state index in [2.05, 4.69) is 22.2 Å². The third-order valence-electron chi connectivity index (χ3n) is 7.60. The van der Waals surface area contributed by atoms with Crippen LogP contribution >= 0.6 is 0 Å². The molecule has 0 radical (unpaired) electrons. The quantitative estimate of drug-likeness (QED) is 0.203. The maximum Gasteiger partial charge on any atom is 0.410 e. The molecular formula is C34H34N6O3. The van der Waals surface area contributed by atoms with Crippen molar-refractivity contribution in [1.29, 1.82) is 0 Å². The van der Waals surface area contributed by atoms with Crippen molar-refractivity contribution in [3.63, 3.8) is 0 Å². The minimum Gasteiger partial charge on any atom is -0.445 e. The number of pyridine rings is 1. The standard InChI is InChI=1S/C34H34N6O3/c1-22-18-25(20-40(19-22)34(41)42-21-24-8-4-3-5-9-24)38-33-37-17-15-30(39-33)28-11-7-16-36-32(28)43-31-23(2)13-14-26-27(31)10-6-12-29(26)35/h3-17,22,25H,18-21,35H2,1-2H3,(H,37,38,39)/t22-,25?/m1/s1. The number of nitrogens with zero attached hydrogens (tertiary/aromatic N) is 4. The molecular weight excluding hydrogens is 540 g/mol. The van der Waals surface area contributed by atoms with Crippen LogP contribution < -0.4 is 15.8 Å². The molecule has 3 N–H and O–H groups in total. The molecule has 1 fully saturated rings. The fourth-order valence-corrected chi connectivity index (χ4v) is 5.54. The van der Waals surface area contributed by atoms with Crippen molar-refractivity contribution in [2.45, 2.75) is 32.9 Å². The Morgan fingerprint density at radius 3 is 2.67 bits per heavy atom. The van der Waals surface area contributed by atoms with E-state index in [1.165, 1.54) is 0 Å². The van der Waals surface area contributed by atoms with Crippen LogP contribution in [0.2, 0.25) is 0 Å². The number of hydrogen-bond donors (Lipinski definition) is 2. The Hall–Kier alpha value is -5.18. The summed E-state index contributed by atoms with van der Waals surface area (Å²) in [5.41, 5.74) is 10.3. The highest BCUT2D eigenvalue weighted by atomic mass is 16.6. The molecule has 1 aliphatic rings. The van der Waals surface area contributed by atoms with E-state index in [1.807, 2.05) is 85.8 Å². The number of nitrogen functional groups attached to an aromatic ring is 1. The SMILES string of the molecule is Cc1ccc2c(N)cccc2c1Oc1ncccc1-c1ccnc(NC2C[C@@H](C)CN(C(=O)OCc3ccccc3)C2)n1. The van der Waals surface area contributed by atoms with Gasteiger partial charge in [-0.1, -0.05) is 61.5 Å². The fraction of sp³-hybridized carbons (Fsp3) is 0.235. The number of likely N-dealkylation sites (tertiary alicyclic amines) is 1. The molecule has 0 saturated carbocycles. The van der Waals surface area contributed by atoms with E-state index in [1.54, 1.807) is 17.3 Å². The second-order valence-electron chi connectivity index (χ2n) is 11.0. The number of fused-ring (bicyclic) bond motifs is 1. The Labute approximate surface area is 250 Å². The third kappa shape index (κ3) is 6.35. The normalized spacial score (nSPS) is 16.6. The zero-order chi connectivity index (χ0) is 29.8. The highest BCUT2D eigenvalue weighted by Crippen LogP contribution is 2.38. The number of piperidine rings is 1. The van der Waals surface area contributed by atoms with Crippen LogP contribution in [-0.2, 0) is 11.3 Å². The van der Waals surface area contributed by atoms with Gasteiger partial charge < -0.3 is 25.4 Å². The van der Waals surface area contributed by atoms with Crippen molar-refractivity contribution in [3.05, 3.63) is 102 Å². The first-order valence-electron chi connectivity index (χ1n) is 14.4. The van der Waals surface area contributed by atoms with E-state index in [-0.39, 0.29) is 24.7 Å². The zero-order valence-electron chi connectivity index (χ0n) is 24.2. The van der Waals surface area contributed by atoms with Crippen LogP contribution in [0.3, 0.4) is 0 Å². The summed E-state index contributed by atoms with van der Waals surface area (Å²) in [6.45, 7) is 5.51. The van der Waals surface area contributed by atoms with E-state index in [0.717, 1.165) is 33.9 Å². The summed E-state index contributed by atoms with van der Waals surface area (Å²) in [6.07, 6.45) is 3.96. The number of hydrogen-bond acceptors (Lipinski definition) is 8. The minimum atomic E-state index is -0.320. The lowest BCUT2D eigenvalue weighted by Gasteiger charge is -2.36. The number of nitrogens with two attached hydrogens (primary N) is 1. The molecule has 2 aromatic heterocycles. The minimum absolute atomic E-state index is 0.0308. The predicted octanol–water partition coefficient (Wildman–Crippen LogP) is 6.83. The van der Waals surface area contributed by atoms with Crippen LogP contribution in [0.15, 0.2) is 91.3 Å². The molecule has 1 amide bonds. The lowest BCUT2D eigenvalue weighted by molar-refractivity contribution is 0.0783. The number of anilines is 2. The molecule has 5 aromatic rings. The van der Waals surface area contributed by atoms with Gasteiger partial charge in [-0.05, 0) is 54.7 Å². The third-order valence-corrected chi connectivity index (χ3v) is 7.60. The van der Waals surface area contributed by atoms with Crippen LogP contribution in [0.25, 0.3) is 22.0 Å². The summed E-state index contributed by atoms with van der Waals surface area (Å²) in [5.74, 6) is 1.89. The zero-order valence-corrected chi connectivity index (χ0v) is 24.2. The largest absolute Gasteiger partial charge is 0.445 e. The van der Waals surface area contributed by atoms with Crippen LogP contribution in [-0.4, -0.2) is 45.1 Å². The number of ether oxygens (including phenoxy) is 2. The summed E-state index contributed by atoms with van der Waals surface area (Å²) < 4.78 is 12.1. The number of carbonyl (C=O) groups excluding carboxylic acids is 1. The maximum absolute atomic E-state index is 12.9. The van der Waals surface area contributed by atoms with Gasteiger partial charge in [0.15, 0.2) is 0 Å². The first-order valence-corrected chi connectivity index (χ1v) is 14.4. The second kappa shape index (κ2) is 12.4. The molecule has 0 aliphatic carbocycles. The molecule has 43 heavy (non-hydrogen) atoms. The second-order valence-corrected chi connectivity index (χ2v) is 11.0. The van der Waals surface area contributed by atoms with Gasteiger partial charge in [0.1, 0.15) is 12.4 Å². The van der Waals surface area contributed by atoms with Crippen molar-refractivity contribution in [3.8, 4) is 22.9 Å². The molecule has 9 nitrogen and oxygen atoms in total. The van der Waals surface area contributed by atoms with Crippen molar-refractivity contribution >= 4 is 28.5 Å². The average molecular weight is 575 g/mol. The van der Waals surface area contributed by atoms with Crippen molar-refractivity contribution < 1.29 is 14.3 Å². The number of aryl methyl sites for hydroxylation is 1. The monoisotopic (exact) mass is 574 g/mol. The Balaban J connectivity index is 1.19. The maximum atomic E-state index is 12.9. The predicted molar refractivity (Wildman–Crippen MR) is 168 cm³/mol. The van der Waals surface area contributed by atoms with Gasteiger partial charge in [0.2, 0.25) is 11.8 Å². The lowest BCUT2D eigenvalue weighted by Crippen LogP contribution is -2.48. The van der Waals surface area contributed by atoms with E-state index >= 15 is 0 Å². The summed E-state index contributed by atoms with van der Waals surface area (Å²) in [6, 6.07) is 25.1. The highest BCUT2D eigenvalue weighted by Gasteiger charge is 2.29. The molecule has 9 heteroatoms. The van der Waals surface area contributed by atoms with Gasteiger partial charge >= 0.3 is 6.09 Å². The van der Waals surface area contributed by atoms with E-state index in [0.29, 0.717) is 42.0 Å². The first-order chi connectivity index (χ1) is 20.9. The van der Waals surface area contributed by atoms with Gasteiger partial charge in [0, 0.05) is 48.0 Å². The number of rotatable bonds is 7. The Morgan fingerprint density at radius 1 is 0.953 bits per heavy atom. The van der Waals surface area contributed by atoms with Gasteiger partial charge in [-0.15, -0.1) is 0 Å². The van der Waals surface area contributed by atoms with E-state index < -0.39 is 0 Å². The number of carbonyl (C=O) groups is 1. The Kier molecular flexibility index (Phi) is 8.04. The number of benzene rings is 3. The van der Waals surface area contributed by atoms with Crippen molar-refractivity contribution in [2.24, 2.45) is 5.92 Å². The first kappa shape index (κ1) is 28.0. The molecule has 0 spiro atoms. The Bertz CT molecular complexity index is 1750. The topological polar surface area (TPSA) is 115 Å². The van der Waals surface area contributed by atoms with Crippen LogP contribution in [0, 0.1) is 12.8 Å². The molecule has 218 valence electrons. The average Bonchev–Trinajstić information content (AvgIpc) is 3.02. The molecule has 0 bridgehead atoms. The fourth-order valence-electron chi connectivity index (χ4n) is 5.54. The molecule has 3 heterocycles. The summed E-state index contributed by atoms with van der Waals surface area (Å²) in [4.78, 5) is 28.5. The van der Waals surface area contributed by atoms with Crippen LogP contribution in [0.1, 0.15) is 24.5 Å². The van der Waals surface area contributed by atoms with Crippen LogP contribution in [0.5, 0.6) is 11.6 Å². The molecule has 6 rings (SSSR count). The Morgan fingerprint density at radius 2 is 1.81 bits per heavy atom. The van der Waals surface area contributed by atoms with E-state index in [9.17, 15) is 4.79 Å². The van der Waals surface area contributed by atoms with Crippen molar-refractivity contribution in [2.75, 3.05) is 24.1 Å². The van der Waals surface area contributed by atoms with Gasteiger partial charge in [-0.2, -0.15) is 0 Å². The number of aromatic nitrogens is 3. The molecule has 1 saturated heterocycles. The van der Waals surface area contributed by atoms with Gasteiger partial charge in [-0.25, -0.2) is 19.7 Å². The summed E-state index contributed by atoms with van der Waals surface area (Å²) in [5, 5.41) is 5.28. The van der Waals surface area contributed by atoms with Crippen molar-refractivity contribution in [1.82, 2.24) is 19.9 Å². The summed E-state index contributed by atoms with van der Waals surface area (Å²) in [7, 11) is 0. The van der Waals surface area contributed by atoms with E-state index in [4.69, 9.17) is 20.2 Å². The van der Waals surface area contributed by atoms with Gasteiger partial charge in [0.05, 0.1) is 11.3 Å². The molecule has 1 unspecified atom stereocenters. The smallest absolute Gasteiger partial charge is 0.410 e. The molecule has 3 aromatic carbocycles. The van der Waals surface area contributed by atoms with Crippen LogP contribution in [0.4, 0.5) is 16.4 Å². The molecule has 2 atom stereocenters. The lowest BCUT2D eigenvalue weighted by atomic mass is 9.96. The number of amides is 1. The summed E-state index contributed by atoms with van der Waals surface area (Å²) >= 11 is 0. The molecule has 1 aliphatic heterocycles. The highest BCUT2D eigenvalue weighted by molar-refractivity contribution is 5.97.